The summed E-state index contributed by atoms with van der Waals surface area (Å²) in [5.74, 6) is 1.12. The van der Waals surface area contributed by atoms with Gasteiger partial charge in [0.2, 0.25) is 5.95 Å². The van der Waals surface area contributed by atoms with Crippen molar-refractivity contribution >= 4 is 5.95 Å². The van der Waals surface area contributed by atoms with Gasteiger partial charge in [-0.3, -0.25) is 0 Å². The number of nitrogens with zero attached hydrogens (tertiary/aromatic N) is 3. The summed E-state index contributed by atoms with van der Waals surface area (Å²) in [6.45, 7) is 7.53. The van der Waals surface area contributed by atoms with Crippen molar-refractivity contribution in [3.05, 3.63) is 11.9 Å². The number of anilines is 1. The Labute approximate surface area is 97.7 Å². The highest BCUT2D eigenvalue weighted by molar-refractivity contribution is 5.34. The Morgan fingerprint density at radius 3 is 2.94 bits per heavy atom. The minimum atomic E-state index is 0.595. The van der Waals surface area contributed by atoms with E-state index in [1.807, 2.05) is 0 Å². The molecule has 4 nitrogen and oxygen atoms in total. The van der Waals surface area contributed by atoms with E-state index < -0.39 is 0 Å². The number of aromatic nitrogens is 2. The van der Waals surface area contributed by atoms with Gasteiger partial charge in [0.1, 0.15) is 0 Å². The summed E-state index contributed by atoms with van der Waals surface area (Å²) in [6, 6.07) is 0.595. The molecule has 0 spiro atoms. The topological polar surface area (TPSA) is 33.1 Å². The van der Waals surface area contributed by atoms with Crippen LogP contribution in [0.1, 0.15) is 26.0 Å². The quantitative estimate of drug-likeness (QED) is 0.832. The maximum absolute atomic E-state index is 4.71. The van der Waals surface area contributed by atoms with Crippen molar-refractivity contribution in [2.45, 2.75) is 39.3 Å². The number of hydrogen-bond acceptors (Lipinski definition) is 3. The SMILES string of the molecule is CCc1cn(CC)c(N(C)C2CCNC2)n1. The molecule has 1 aliphatic heterocycles. The van der Waals surface area contributed by atoms with Crippen LogP contribution in [-0.4, -0.2) is 35.7 Å². The lowest BCUT2D eigenvalue weighted by Crippen LogP contribution is -2.35. The van der Waals surface area contributed by atoms with Gasteiger partial charge in [0.05, 0.1) is 5.69 Å². The first-order valence-electron chi connectivity index (χ1n) is 6.25. The minimum absolute atomic E-state index is 0.595. The molecule has 1 atom stereocenters. The Kier molecular flexibility index (Phi) is 3.49. The second kappa shape index (κ2) is 4.87. The van der Waals surface area contributed by atoms with Gasteiger partial charge in [-0.15, -0.1) is 0 Å². The third kappa shape index (κ3) is 2.07. The summed E-state index contributed by atoms with van der Waals surface area (Å²) in [5.41, 5.74) is 1.19. The molecule has 0 radical (unpaired) electrons. The third-order valence-corrected chi connectivity index (χ3v) is 3.41. The molecule has 90 valence electrons. The van der Waals surface area contributed by atoms with E-state index >= 15 is 0 Å². The molecule has 2 rings (SSSR count). The van der Waals surface area contributed by atoms with Crippen molar-refractivity contribution in [2.24, 2.45) is 0 Å². The van der Waals surface area contributed by atoms with Crippen LogP contribution in [-0.2, 0) is 13.0 Å². The van der Waals surface area contributed by atoms with Crippen molar-refractivity contribution in [2.75, 3.05) is 25.0 Å². The van der Waals surface area contributed by atoms with Gasteiger partial charge in [0, 0.05) is 32.4 Å². The fourth-order valence-corrected chi connectivity index (χ4v) is 2.28. The van der Waals surface area contributed by atoms with E-state index in [2.05, 4.69) is 41.9 Å². The van der Waals surface area contributed by atoms with Gasteiger partial charge in [-0.1, -0.05) is 6.92 Å². The largest absolute Gasteiger partial charge is 0.341 e. The molecule has 1 unspecified atom stereocenters. The molecular weight excluding hydrogens is 200 g/mol. The standard InChI is InChI=1S/C12H22N4/c1-4-10-9-16(5-2)12(14-10)15(3)11-6-7-13-8-11/h9,11,13H,4-8H2,1-3H3. The van der Waals surface area contributed by atoms with Crippen molar-refractivity contribution in [1.82, 2.24) is 14.9 Å². The molecule has 4 heteroatoms. The highest BCUT2D eigenvalue weighted by atomic mass is 15.3. The van der Waals surface area contributed by atoms with E-state index in [1.54, 1.807) is 0 Å². The molecule has 1 aromatic heterocycles. The van der Waals surface area contributed by atoms with Crippen LogP contribution in [0.2, 0.25) is 0 Å². The Hall–Kier alpha value is -1.03. The molecule has 1 N–H and O–H groups in total. The van der Waals surface area contributed by atoms with Gasteiger partial charge in [0.15, 0.2) is 0 Å². The molecule has 1 saturated heterocycles. The van der Waals surface area contributed by atoms with Crippen LogP contribution in [0.5, 0.6) is 0 Å². The fourth-order valence-electron chi connectivity index (χ4n) is 2.28. The van der Waals surface area contributed by atoms with E-state index in [0.717, 1.165) is 32.0 Å². The zero-order valence-electron chi connectivity index (χ0n) is 10.5. The molecule has 16 heavy (non-hydrogen) atoms. The predicted octanol–water partition coefficient (Wildman–Crippen LogP) is 1.26. The van der Waals surface area contributed by atoms with E-state index in [4.69, 9.17) is 4.98 Å². The first kappa shape index (κ1) is 11.5. The number of imidazole rings is 1. The Balaban J connectivity index is 2.20. The molecule has 1 aromatic rings. The monoisotopic (exact) mass is 222 g/mol. The summed E-state index contributed by atoms with van der Waals surface area (Å²) in [6.07, 6.45) is 4.40. The number of hydrogen-bond donors (Lipinski definition) is 1. The lowest BCUT2D eigenvalue weighted by atomic mass is 10.2. The highest BCUT2D eigenvalue weighted by Gasteiger charge is 2.22. The van der Waals surface area contributed by atoms with Crippen molar-refractivity contribution in [1.29, 1.82) is 0 Å². The summed E-state index contributed by atoms with van der Waals surface area (Å²) in [7, 11) is 2.16. The molecule has 0 aliphatic carbocycles. The molecule has 1 aliphatic rings. The van der Waals surface area contributed by atoms with Crippen LogP contribution in [0.4, 0.5) is 5.95 Å². The molecule has 0 aromatic carbocycles. The number of likely N-dealkylation sites (N-methyl/N-ethyl adjacent to an activating group) is 1. The number of nitrogens with one attached hydrogen (secondary N) is 1. The van der Waals surface area contributed by atoms with Crippen LogP contribution >= 0.6 is 0 Å². The van der Waals surface area contributed by atoms with Gasteiger partial charge in [-0.25, -0.2) is 4.98 Å². The van der Waals surface area contributed by atoms with Crippen molar-refractivity contribution in [3.63, 3.8) is 0 Å². The Morgan fingerprint density at radius 2 is 2.38 bits per heavy atom. The summed E-state index contributed by atoms with van der Waals surface area (Å²) in [4.78, 5) is 7.03. The zero-order chi connectivity index (χ0) is 11.5. The van der Waals surface area contributed by atoms with E-state index in [-0.39, 0.29) is 0 Å². The maximum Gasteiger partial charge on any atom is 0.205 e. The first-order valence-corrected chi connectivity index (χ1v) is 6.25. The Morgan fingerprint density at radius 1 is 1.56 bits per heavy atom. The van der Waals surface area contributed by atoms with Crippen molar-refractivity contribution in [3.8, 4) is 0 Å². The minimum Gasteiger partial charge on any atom is -0.341 e. The average molecular weight is 222 g/mol. The molecule has 0 bridgehead atoms. The summed E-state index contributed by atoms with van der Waals surface area (Å²) >= 11 is 0. The molecule has 1 fully saturated rings. The lowest BCUT2D eigenvalue weighted by Gasteiger charge is -2.25. The maximum atomic E-state index is 4.71. The zero-order valence-corrected chi connectivity index (χ0v) is 10.5. The van der Waals surface area contributed by atoms with Gasteiger partial charge < -0.3 is 14.8 Å². The van der Waals surface area contributed by atoms with E-state index in [9.17, 15) is 0 Å². The summed E-state index contributed by atoms with van der Waals surface area (Å²) < 4.78 is 2.25. The lowest BCUT2D eigenvalue weighted by molar-refractivity contribution is 0.638. The third-order valence-electron chi connectivity index (χ3n) is 3.41. The Bertz CT molecular complexity index is 339. The van der Waals surface area contributed by atoms with Crippen LogP contribution in [0.3, 0.4) is 0 Å². The normalized spacial score (nSPS) is 20.3. The number of aryl methyl sites for hydroxylation is 2. The van der Waals surface area contributed by atoms with Crippen LogP contribution in [0.25, 0.3) is 0 Å². The molecule has 2 heterocycles. The molecular formula is C12H22N4. The second-order valence-corrected chi connectivity index (χ2v) is 4.43. The fraction of sp³-hybridized carbons (Fsp3) is 0.750. The highest BCUT2D eigenvalue weighted by Crippen LogP contribution is 2.18. The average Bonchev–Trinajstić information content (AvgIpc) is 2.96. The molecule has 0 amide bonds. The van der Waals surface area contributed by atoms with Crippen molar-refractivity contribution < 1.29 is 0 Å². The smallest absolute Gasteiger partial charge is 0.205 e. The van der Waals surface area contributed by atoms with Crippen LogP contribution < -0.4 is 10.2 Å². The van der Waals surface area contributed by atoms with Gasteiger partial charge in [-0.2, -0.15) is 0 Å². The predicted molar refractivity (Wildman–Crippen MR) is 67.0 cm³/mol. The van der Waals surface area contributed by atoms with E-state index in [0.29, 0.717) is 6.04 Å². The van der Waals surface area contributed by atoms with Gasteiger partial charge in [0.25, 0.3) is 0 Å². The second-order valence-electron chi connectivity index (χ2n) is 4.43. The van der Waals surface area contributed by atoms with Gasteiger partial charge in [-0.05, 0) is 26.3 Å². The number of rotatable bonds is 4. The van der Waals surface area contributed by atoms with E-state index in [1.165, 1.54) is 12.1 Å². The van der Waals surface area contributed by atoms with Gasteiger partial charge >= 0.3 is 0 Å². The molecule has 0 saturated carbocycles. The van der Waals surface area contributed by atoms with Crippen LogP contribution in [0.15, 0.2) is 6.20 Å². The summed E-state index contributed by atoms with van der Waals surface area (Å²) in [5, 5.41) is 3.40. The first-order chi connectivity index (χ1) is 7.76. The van der Waals surface area contributed by atoms with Crippen LogP contribution in [0, 0.1) is 0 Å².